The van der Waals surface area contributed by atoms with Crippen LogP contribution in [-0.2, 0) is 23.6 Å². The molecule has 0 aromatic heterocycles. The molecule has 0 unspecified atom stereocenters. The average Bonchev–Trinajstić information content (AvgIpc) is 2.81. The van der Waals surface area contributed by atoms with E-state index >= 15 is 0 Å². The van der Waals surface area contributed by atoms with Crippen LogP contribution in [0.5, 0.6) is 0 Å². The minimum atomic E-state index is -0.868. The topological polar surface area (TPSA) is 88.5 Å². The quantitative estimate of drug-likeness (QED) is 0.123. The molecule has 0 aromatic rings. The monoisotopic (exact) mass is 642 g/mol. The second-order valence-corrected chi connectivity index (χ2v) is 16.8. The molecule has 246 valence electrons. The molecule has 0 aliphatic carbocycles. The lowest BCUT2D eigenvalue weighted by molar-refractivity contribution is -0.118. The smallest absolute Gasteiger partial charge is 0.194 e. The highest BCUT2D eigenvalue weighted by molar-refractivity contribution is 8.14. The fourth-order valence-electron chi connectivity index (χ4n) is 3.50. The Balaban J connectivity index is 0. The van der Waals surface area contributed by atoms with Gasteiger partial charge >= 0.3 is 0 Å². The zero-order valence-electron chi connectivity index (χ0n) is 28.6. The first kappa shape index (κ1) is 43.4. The van der Waals surface area contributed by atoms with E-state index in [-0.39, 0.29) is 27.7 Å². The maximum Gasteiger partial charge on any atom is 0.194 e. The number of rotatable bonds is 18. The van der Waals surface area contributed by atoms with Gasteiger partial charge < -0.3 is 19.1 Å². The van der Waals surface area contributed by atoms with Crippen LogP contribution in [0.2, 0.25) is 0 Å². The average molecular weight is 643 g/mol. The number of hydrogen-bond donors (Lipinski definition) is 1. The molecule has 0 rings (SSSR count). The lowest BCUT2D eigenvalue weighted by Crippen LogP contribution is -2.43. The largest absolute Gasteiger partial charge is 0.394 e. The first-order valence-corrected chi connectivity index (χ1v) is 18.0. The normalized spacial score (nSPS) is 12.8. The highest BCUT2D eigenvalue weighted by Crippen LogP contribution is 2.50. The lowest BCUT2D eigenvalue weighted by atomic mass is 9.99. The number of ether oxygens (including phenoxy) is 2. The Morgan fingerprint density at radius 1 is 0.634 bits per heavy atom. The van der Waals surface area contributed by atoms with Crippen molar-refractivity contribution in [1.29, 1.82) is 0 Å². The van der Waals surface area contributed by atoms with Crippen molar-refractivity contribution in [3.05, 3.63) is 0 Å². The summed E-state index contributed by atoms with van der Waals surface area (Å²) >= 11 is 2.64. The van der Waals surface area contributed by atoms with Crippen molar-refractivity contribution >= 4 is 42.2 Å². The minimum absolute atomic E-state index is 0.0396. The van der Waals surface area contributed by atoms with Gasteiger partial charge in [-0.05, 0) is 55.4 Å². The molecule has 41 heavy (non-hydrogen) atoms. The number of thioether (sulfide) groups is 2. The van der Waals surface area contributed by atoms with Gasteiger partial charge in [0, 0.05) is 46.5 Å². The second-order valence-electron chi connectivity index (χ2n) is 12.9. The summed E-state index contributed by atoms with van der Waals surface area (Å²) in [6.07, 6.45) is 0. The molecule has 0 fully saturated rings. The van der Waals surface area contributed by atoms with E-state index < -0.39 is 8.45 Å². The Hall–Kier alpha value is 0.230. The standard InChI is InChI=1S/C21H45N2O3PS.C9H18O3S/c1-16(2)22(17(3)4)27(23(18(5)6)19(7)8)26-13-12-25-14-15-28-20(24)21(9,10)11;1-9(2,3)8(11)13-7-6-12-5-4-10/h16-19H,12-15H2,1-11H3;10H,4-7H2,1-3H3. The summed E-state index contributed by atoms with van der Waals surface area (Å²) in [6.45, 7) is 32.0. The summed E-state index contributed by atoms with van der Waals surface area (Å²) in [5.74, 6) is 1.36. The summed E-state index contributed by atoms with van der Waals surface area (Å²) in [5.41, 5.74) is -0.570. The molecule has 1 N–H and O–H groups in total. The molecule has 0 bridgehead atoms. The first-order valence-electron chi connectivity index (χ1n) is 14.9. The molecule has 0 saturated carbocycles. The molecule has 11 heteroatoms. The molecule has 0 amide bonds. The Kier molecular flexibility index (Phi) is 24.0. The van der Waals surface area contributed by atoms with E-state index in [1.165, 1.54) is 23.5 Å². The van der Waals surface area contributed by atoms with Gasteiger partial charge in [-0.2, -0.15) is 0 Å². The van der Waals surface area contributed by atoms with Gasteiger partial charge in [-0.3, -0.25) is 9.59 Å². The number of nitrogens with zero attached hydrogens (tertiary/aromatic N) is 2. The van der Waals surface area contributed by atoms with Crippen LogP contribution in [0.4, 0.5) is 0 Å². The number of carbonyl (C=O) groups excluding carboxylic acids is 2. The van der Waals surface area contributed by atoms with Gasteiger partial charge in [0.25, 0.3) is 0 Å². The van der Waals surface area contributed by atoms with E-state index in [0.717, 1.165) is 0 Å². The molecule has 0 aromatic carbocycles. The van der Waals surface area contributed by atoms with Gasteiger partial charge in [0.2, 0.25) is 0 Å². The maximum absolute atomic E-state index is 11.9. The van der Waals surface area contributed by atoms with Crippen molar-refractivity contribution < 1.29 is 28.7 Å². The highest BCUT2D eigenvalue weighted by atomic mass is 32.2. The van der Waals surface area contributed by atoms with Crippen molar-refractivity contribution in [2.75, 3.05) is 51.1 Å². The van der Waals surface area contributed by atoms with Crippen molar-refractivity contribution in [1.82, 2.24) is 9.34 Å². The van der Waals surface area contributed by atoms with Crippen molar-refractivity contribution in [2.45, 2.75) is 121 Å². The Bertz CT molecular complexity index is 661. The fourth-order valence-corrected chi connectivity index (χ4v) is 7.46. The third kappa shape index (κ3) is 20.8. The third-order valence-electron chi connectivity index (χ3n) is 5.33. The van der Waals surface area contributed by atoms with E-state index in [4.69, 9.17) is 19.1 Å². The molecular weight excluding hydrogens is 579 g/mol. The summed E-state index contributed by atoms with van der Waals surface area (Å²) in [5, 5.41) is 8.80. The van der Waals surface area contributed by atoms with Crippen LogP contribution in [0.3, 0.4) is 0 Å². The minimum Gasteiger partial charge on any atom is -0.394 e. The molecule has 0 atom stereocenters. The number of aliphatic hydroxyl groups excluding tert-OH is 1. The van der Waals surface area contributed by atoms with Crippen LogP contribution >= 0.6 is 32.0 Å². The van der Waals surface area contributed by atoms with E-state index in [9.17, 15) is 9.59 Å². The van der Waals surface area contributed by atoms with Crippen LogP contribution in [0.25, 0.3) is 0 Å². The fraction of sp³-hybridized carbons (Fsp3) is 0.933. The Labute approximate surface area is 262 Å². The van der Waals surface area contributed by atoms with Crippen molar-refractivity contribution in [2.24, 2.45) is 10.8 Å². The molecule has 0 heterocycles. The van der Waals surface area contributed by atoms with E-state index in [1.807, 2.05) is 41.5 Å². The summed E-state index contributed by atoms with van der Waals surface area (Å²) < 4.78 is 22.1. The first-order chi connectivity index (χ1) is 18.8. The summed E-state index contributed by atoms with van der Waals surface area (Å²) in [6, 6.07) is 1.64. The maximum atomic E-state index is 11.9. The Morgan fingerprint density at radius 3 is 1.27 bits per heavy atom. The summed E-state index contributed by atoms with van der Waals surface area (Å²) in [4.78, 5) is 23.3. The van der Waals surface area contributed by atoms with Crippen LogP contribution in [0.1, 0.15) is 96.9 Å². The van der Waals surface area contributed by atoms with Gasteiger partial charge in [0.1, 0.15) is 0 Å². The van der Waals surface area contributed by atoms with Crippen LogP contribution in [-0.4, -0.2) is 100.0 Å². The molecular formula is C30H63N2O6PS2. The molecule has 8 nitrogen and oxygen atoms in total. The van der Waals surface area contributed by atoms with Gasteiger partial charge in [0.05, 0.1) is 39.6 Å². The molecule has 0 radical (unpaired) electrons. The second kappa shape index (κ2) is 22.7. The lowest BCUT2D eigenvalue weighted by Gasteiger charge is -2.45. The Morgan fingerprint density at radius 2 is 0.976 bits per heavy atom. The third-order valence-corrected chi connectivity index (χ3v) is 10.9. The zero-order chi connectivity index (χ0) is 32.4. The number of hydrogen-bond acceptors (Lipinski definition) is 10. The SMILES string of the molecule is CC(C)(C)C(=O)SCCOCCO.CC(C)N(C(C)C)P(OCCOCCSC(=O)C(C)(C)C)N(C(C)C)C(C)C. The van der Waals surface area contributed by atoms with Crippen LogP contribution < -0.4 is 0 Å². The molecule has 0 aliphatic heterocycles. The van der Waals surface area contributed by atoms with Gasteiger partial charge in [-0.15, -0.1) is 0 Å². The number of aliphatic hydroxyl groups is 1. The number of carbonyl (C=O) groups is 2. The predicted molar refractivity (Wildman–Crippen MR) is 180 cm³/mol. The highest BCUT2D eigenvalue weighted by Gasteiger charge is 2.34. The van der Waals surface area contributed by atoms with Crippen LogP contribution in [0.15, 0.2) is 0 Å². The predicted octanol–water partition coefficient (Wildman–Crippen LogP) is 7.09. The molecule has 0 saturated heterocycles. The molecule has 0 aliphatic rings. The van der Waals surface area contributed by atoms with Crippen molar-refractivity contribution in [3.8, 4) is 0 Å². The van der Waals surface area contributed by atoms with Gasteiger partial charge in [-0.1, -0.05) is 65.1 Å². The van der Waals surface area contributed by atoms with Crippen molar-refractivity contribution in [3.63, 3.8) is 0 Å². The van der Waals surface area contributed by atoms with E-state index in [1.54, 1.807) is 0 Å². The molecule has 0 spiro atoms. The van der Waals surface area contributed by atoms with Crippen LogP contribution in [0, 0.1) is 10.8 Å². The van der Waals surface area contributed by atoms with E-state index in [0.29, 0.717) is 68.7 Å². The van der Waals surface area contributed by atoms with Gasteiger partial charge in [0.15, 0.2) is 18.7 Å². The zero-order valence-corrected chi connectivity index (χ0v) is 31.1. The van der Waals surface area contributed by atoms with Gasteiger partial charge in [-0.25, -0.2) is 9.34 Å². The van der Waals surface area contributed by atoms with E-state index in [2.05, 4.69) is 64.7 Å². The summed E-state index contributed by atoms with van der Waals surface area (Å²) in [7, 11) is -0.868.